The van der Waals surface area contributed by atoms with Crippen LogP contribution in [0.4, 0.5) is 0 Å². The molecule has 2 nitrogen and oxygen atoms in total. The van der Waals surface area contributed by atoms with Gasteiger partial charge >= 0.3 is 0 Å². The number of rotatable bonds is 5. The van der Waals surface area contributed by atoms with E-state index >= 15 is 0 Å². The van der Waals surface area contributed by atoms with E-state index in [9.17, 15) is 0 Å². The van der Waals surface area contributed by atoms with Gasteiger partial charge < -0.3 is 10.5 Å². The molecular weight excluding hydrogens is 310 g/mol. The van der Waals surface area contributed by atoms with Crippen molar-refractivity contribution in [1.82, 2.24) is 0 Å². The van der Waals surface area contributed by atoms with Crippen molar-refractivity contribution >= 4 is 27.3 Å². The van der Waals surface area contributed by atoms with Crippen LogP contribution < -0.4 is 5.73 Å². The molecule has 0 aliphatic heterocycles. The minimum Gasteiger partial charge on any atom is -0.367 e. The van der Waals surface area contributed by atoms with E-state index in [1.165, 1.54) is 0 Å². The first-order valence-electron chi connectivity index (χ1n) is 5.80. The molecule has 2 atom stereocenters. The lowest BCUT2D eigenvalue weighted by Crippen LogP contribution is -2.26. The Morgan fingerprint density at radius 3 is 2.56 bits per heavy atom. The molecule has 1 heterocycles. The van der Waals surface area contributed by atoms with Crippen molar-refractivity contribution in [2.45, 2.75) is 25.7 Å². The van der Waals surface area contributed by atoms with Crippen molar-refractivity contribution in [3.05, 3.63) is 56.7 Å². The van der Waals surface area contributed by atoms with E-state index < -0.39 is 0 Å². The minimum atomic E-state index is -0.0418. The third-order valence-electron chi connectivity index (χ3n) is 2.69. The molecule has 96 valence electrons. The Kier molecular flexibility index (Phi) is 4.95. The minimum absolute atomic E-state index is 0.0185. The van der Waals surface area contributed by atoms with E-state index in [4.69, 9.17) is 10.5 Å². The van der Waals surface area contributed by atoms with Crippen LogP contribution in [-0.4, -0.2) is 6.04 Å². The van der Waals surface area contributed by atoms with Crippen LogP contribution in [0.3, 0.4) is 0 Å². The van der Waals surface area contributed by atoms with Gasteiger partial charge in [0.15, 0.2) is 0 Å². The molecule has 2 unspecified atom stereocenters. The number of halogens is 1. The summed E-state index contributed by atoms with van der Waals surface area (Å²) in [5.74, 6) is 0. The van der Waals surface area contributed by atoms with Crippen LogP contribution >= 0.6 is 27.3 Å². The Bertz CT molecular complexity index is 467. The van der Waals surface area contributed by atoms with Crippen LogP contribution in [-0.2, 0) is 11.3 Å². The van der Waals surface area contributed by atoms with Gasteiger partial charge in [-0.2, -0.15) is 11.3 Å². The maximum Gasteiger partial charge on any atom is 0.0985 e. The van der Waals surface area contributed by atoms with Crippen LogP contribution in [0.5, 0.6) is 0 Å². The molecule has 0 radical (unpaired) electrons. The normalized spacial score (nSPS) is 14.4. The number of nitrogens with two attached hydrogens (primary N) is 1. The smallest absolute Gasteiger partial charge is 0.0985 e. The first-order chi connectivity index (χ1) is 8.66. The summed E-state index contributed by atoms with van der Waals surface area (Å²) >= 11 is 5.09. The molecule has 0 saturated carbocycles. The number of ether oxygens (including phenoxy) is 1. The summed E-state index contributed by atoms with van der Waals surface area (Å²) in [6.45, 7) is 2.55. The first kappa shape index (κ1) is 13.7. The molecule has 2 rings (SSSR count). The second kappa shape index (κ2) is 6.48. The number of hydrogen-bond donors (Lipinski definition) is 1. The number of hydrogen-bond acceptors (Lipinski definition) is 3. The van der Waals surface area contributed by atoms with E-state index in [1.807, 2.05) is 24.4 Å². The topological polar surface area (TPSA) is 35.2 Å². The molecule has 0 bridgehead atoms. The van der Waals surface area contributed by atoms with E-state index in [2.05, 4.69) is 39.5 Å². The zero-order valence-corrected chi connectivity index (χ0v) is 12.6. The molecule has 0 fully saturated rings. The first-order valence-corrected chi connectivity index (χ1v) is 7.54. The predicted molar refractivity (Wildman–Crippen MR) is 79.6 cm³/mol. The van der Waals surface area contributed by atoms with E-state index in [0.29, 0.717) is 6.61 Å². The fourth-order valence-corrected chi connectivity index (χ4v) is 2.70. The predicted octanol–water partition coefficient (Wildman–Crippen LogP) is 4.12. The zero-order chi connectivity index (χ0) is 13.0. The van der Waals surface area contributed by atoms with Gasteiger partial charge in [-0.3, -0.25) is 0 Å². The van der Waals surface area contributed by atoms with Crippen molar-refractivity contribution in [2.24, 2.45) is 5.73 Å². The molecule has 0 aliphatic carbocycles. The molecule has 1 aromatic carbocycles. The molecule has 0 aliphatic rings. The summed E-state index contributed by atoms with van der Waals surface area (Å²) in [4.78, 5) is 0. The lowest BCUT2D eigenvalue weighted by Gasteiger charge is -2.20. The molecule has 1 aromatic heterocycles. The quantitative estimate of drug-likeness (QED) is 0.897. The maximum atomic E-state index is 5.99. The van der Waals surface area contributed by atoms with Crippen molar-refractivity contribution in [2.75, 3.05) is 0 Å². The van der Waals surface area contributed by atoms with Crippen LogP contribution in [0.1, 0.15) is 24.2 Å². The van der Waals surface area contributed by atoms with Gasteiger partial charge in [0.2, 0.25) is 0 Å². The monoisotopic (exact) mass is 325 g/mol. The van der Waals surface area contributed by atoms with Crippen molar-refractivity contribution < 1.29 is 4.74 Å². The summed E-state index contributed by atoms with van der Waals surface area (Å²) < 4.78 is 7.02. The van der Waals surface area contributed by atoms with Gasteiger partial charge in [0.25, 0.3) is 0 Å². The highest BCUT2D eigenvalue weighted by atomic mass is 79.9. The molecule has 2 N–H and O–H groups in total. The standard InChI is InChI=1S/C14H16BrNOS/c1-10(16)14(12-6-7-18-9-12)17-8-11-2-4-13(15)5-3-11/h2-7,9-10,14H,8,16H2,1H3. The number of thiophene rings is 1. The Morgan fingerprint density at radius 1 is 1.28 bits per heavy atom. The van der Waals surface area contributed by atoms with Crippen LogP contribution in [0.2, 0.25) is 0 Å². The molecule has 2 aromatic rings. The van der Waals surface area contributed by atoms with Gasteiger partial charge in [-0.25, -0.2) is 0 Å². The van der Waals surface area contributed by atoms with Crippen LogP contribution in [0.15, 0.2) is 45.6 Å². The Morgan fingerprint density at radius 2 is 2.00 bits per heavy atom. The van der Waals surface area contributed by atoms with Gasteiger partial charge in [-0.1, -0.05) is 28.1 Å². The van der Waals surface area contributed by atoms with Crippen molar-refractivity contribution in [3.8, 4) is 0 Å². The van der Waals surface area contributed by atoms with Crippen molar-refractivity contribution in [3.63, 3.8) is 0 Å². The number of benzene rings is 1. The Labute approximate surface area is 120 Å². The van der Waals surface area contributed by atoms with Gasteiger partial charge in [0.1, 0.15) is 0 Å². The van der Waals surface area contributed by atoms with Crippen molar-refractivity contribution in [1.29, 1.82) is 0 Å². The highest BCUT2D eigenvalue weighted by Crippen LogP contribution is 2.24. The van der Waals surface area contributed by atoms with Gasteiger partial charge in [-0.05, 0) is 47.0 Å². The fraction of sp³-hybridized carbons (Fsp3) is 0.286. The van der Waals surface area contributed by atoms with Crippen LogP contribution in [0, 0.1) is 0 Å². The molecule has 0 saturated heterocycles. The fourth-order valence-electron chi connectivity index (χ4n) is 1.76. The summed E-state index contributed by atoms with van der Waals surface area (Å²) in [6.07, 6.45) is -0.0418. The lowest BCUT2D eigenvalue weighted by atomic mass is 10.1. The highest BCUT2D eigenvalue weighted by Gasteiger charge is 2.17. The van der Waals surface area contributed by atoms with Gasteiger partial charge in [0, 0.05) is 10.5 Å². The molecule has 0 spiro atoms. The lowest BCUT2D eigenvalue weighted by molar-refractivity contribution is 0.0262. The summed E-state index contributed by atoms with van der Waals surface area (Å²) in [5, 5.41) is 4.14. The Hall–Kier alpha value is -0.680. The average molecular weight is 326 g/mol. The third kappa shape index (κ3) is 3.65. The highest BCUT2D eigenvalue weighted by molar-refractivity contribution is 9.10. The average Bonchev–Trinajstić information content (AvgIpc) is 2.85. The molecule has 0 amide bonds. The SMILES string of the molecule is CC(N)C(OCc1ccc(Br)cc1)c1ccsc1. The van der Waals surface area contributed by atoms with E-state index in [0.717, 1.165) is 15.6 Å². The molecule has 4 heteroatoms. The molecule has 18 heavy (non-hydrogen) atoms. The maximum absolute atomic E-state index is 5.99. The van der Waals surface area contributed by atoms with E-state index in [1.54, 1.807) is 11.3 Å². The summed E-state index contributed by atoms with van der Waals surface area (Å²) in [7, 11) is 0. The van der Waals surface area contributed by atoms with Crippen LogP contribution in [0.25, 0.3) is 0 Å². The second-order valence-corrected chi connectivity index (χ2v) is 5.97. The van der Waals surface area contributed by atoms with E-state index in [-0.39, 0.29) is 12.1 Å². The summed E-state index contributed by atoms with van der Waals surface area (Å²) in [6, 6.07) is 10.2. The van der Waals surface area contributed by atoms with Gasteiger partial charge in [-0.15, -0.1) is 0 Å². The summed E-state index contributed by atoms with van der Waals surface area (Å²) in [5.41, 5.74) is 8.30. The third-order valence-corrected chi connectivity index (χ3v) is 3.92. The second-order valence-electron chi connectivity index (χ2n) is 4.27. The molecular formula is C14H16BrNOS. The zero-order valence-electron chi connectivity index (χ0n) is 10.2. The largest absolute Gasteiger partial charge is 0.367 e. The Balaban J connectivity index is 2.00. The van der Waals surface area contributed by atoms with Gasteiger partial charge in [0.05, 0.1) is 12.7 Å².